The minimum atomic E-state index is -1.00. The molecule has 2 rings (SSSR count). The Labute approximate surface area is 150 Å². The maximum absolute atomic E-state index is 12.9. The number of carbonyl (C=O) groups is 3. The Bertz CT molecular complexity index is 805. The van der Waals surface area contributed by atoms with Crippen LogP contribution in [0, 0.1) is 5.82 Å². The second-order valence-corrected chi connectivity index (χ2v) is 5.56. The predicted octanol–water partition coefficient (Wildman–Crippen LogP) is 3.36. The minimum absolute atomic E-state index is 0.212. The van der Waals surface area contributed by atoms with Crippen LogP contribution >= 0.6 is 0 Å². The predicted molar refractivity (Wildman–Crippen MR) is 95.3 cm³/mol. The van der Waals surface area contributed by atoms with Gasteiger partial charge in [-0.2, -0.15) is 0 Å². The second kappa shape index (κ2) is 8.75. The van der Waals surface area contributed by atoms with Crippen molar-refractivity contribution in [1.29, 1.82) is 0 Å². The number of carbonyl (C=O) groups excluding carboxylic acids is 3. The lowest BCUT2D eigenvalue weighted by molar-refractivity contribution is -0.124. The molecule has 0 bridgehead atoms. The van der Waals surface area contributed by atoms with Crippen LogP contribution in [-0.4, -0.2) is 23.9 Å². The Morgan fingerprint density at radius 3 is 2.35 bits per heavy atom. The van der Waals surface area contributed by atoms with E-state index in [2.05, 4.69) is 10.6 Å². The zero-order valence-corrected chi connectivity index (χ0v) is 14.4. The van der Waals surface area contributed by atoms with Crippen LogP contribution in [0.3, 0.4) is 0 Å². The Hall–Kier alpha value is -3.22. The lowest BCUT2D eigenvalue weighted by Crippen LogP contribution is -2.32. The van der Waals surface area contributed by atoms with E-state index < -0.39 is 23.8 Å². The number of halogens is 1. The molecule has 0 saturated carbocycles. The Balaban J connectivity index is 2.04. The maximum Gasteiger partial charge on any atom is 0.338 e. The number of benzene rings is 2. The molecule has 1 unspecified atom stereocenters. The average molecular weight is 358 g/mol. The van der Waals surface area contributed by atoms with Gasteiger partial charge < -0.3 is 15.4 Å². The smallest absolute Gasteiger partial charge is 0.338 e. The molecule has 2 N–H and O–H groups in total. The van der Waals surface area contributed by atoms with Gasteiger partial charge in [0, 0.05) is 18.3 Å². The van der Waals surface area contributed by atoms with Crippen molar-refractivity contribution in [1.82, 2.24) is 0 Å². The molecule has 2 aromatic rings. The highest BCUT2D eigenvalue weighted by atomic mass is 19.1. The van der Waals surface area contributed by atoms with Gasteiger partial charge in [0.05, 0.1) is 5.56 Å². The average Bonchev–Trinajstić information content (AvgIpc) is 2.61. The Morgan fingerprint density at radius 2 is 1.73 bits per heavy atom. The first-order valence-electron chi connectivity index (χ1n) is 8.04. The van der Waals surface area contributed by atoms with Gasteiger partial charge in [0.25, 0.3) is 5.91 Å². The van der Waals surface area contributed by atoms with Crippen LogP contribution in [0.2, 0.25) is 0 Å². The molecule has 0 saturated heterocycles. The van der Waals surface area contributed by atoms with Gasteiger partial charge in [0.1, 0.15) is 5.82 Å². The highest BCUT2D eigenvalue weighted by Crippen LogP contribution is 2.15. The number of anilines is 2. The molecule has 2 amide bonds. The van der Waals surface area contributed by atoms with E-state index in [1.165, 1.54) is 43.3 Å². The molecule has 0 radical (unpaired) electrons. The Kier molecular flexibility index (Phi) is 6.43. The summed E-state index contributed by atoms with van der Waals surface area (Å²) in [6.45, 7) is 3.06. The lowest BCUT2D eigenvalue weighted by Gasteiger charge is -2.16. The van der Waals surface area contributed by atoms with Crippen LogP contribution in [0.15, 0.2) is 48.5 Å². The molecule has 6 nitrogen and oxygen atoms in total. The SMILES string of the molecule is CCC(OC(=O)c1cccc(NC(C)=O)c1)C(=O)Nc1ccc(F)cc1. The van der Waals surface area contributed by atoms with E-state index in [0.717, 1.165) is 0 Å². The molecule has 0 aliphatic heterocycles. The monoisotopic (exact) mass is 358 g/mol. The normalized spacial score (nSPS) is 11.3. The quantitative estimate of drug-likeness (QED) is 0.776. The van der Waals surface area contributed by atoms with Crippen molar-refractivity contribution in [2.24, 2.45) is 0 Å². The molecule has 0 fully saturated rings. The van der Waals surface area contributed by atoms with Crippen molar-refractivity contribution in [3.63, 3.8) is 0 Å². The summed E-state index contributed by atoms with van der Waals surface area (Å²) in [6.07, 6.45) is -0.735. The first kappa shape index (κ1) is 19.1. The molecule has 0 aliphatic rings. The first-order chi connectivity index (χ1) is 12.4. The highest BCUT2D eigenvalue weighted by Gasteiger charge is 2.22. The topological polar surface area (TPSA) is 84.5 Å². The number of hydrogen-bond acceptors (Lipinski definition) is 4. The van der Waals surface area contributed by atoms with Gasteiger partial charge in [-0.3, -0.25) is 9.59 Å². The molecular formula is C19H19FN2O4. The van der Waals surface area contributed by atoms with Crippen LogP contribution in [0.4, 0.5) is 15.8 Å². The van der Waals surface area contributed by atoms with E-state index >= 15 is 0 Å². The Morgan fingerprint density at radius 1 is 1.04 bits per heavy atom. The van der Waals surface area contributed by atoms with E-state index in [1.54, 1.807) is 19.1 Å². The zero-order valence-electron chi connectivity index (χ0n) is 14.4. The molecule has 0 heterocycles. The highest BCUT2D eigenvalue weighted by molar-refractivity contribution is 5.98. The standard InChI is InChI=1S/C19H19FN2O4/c1-3-17(18(24)22-15-9-7-14(20)8-10-15)26-19(25)13-5-4-6-16(11-13)21-12(2)23/h4-11,17H,3H2,1-2H3,(H,21,23)(H,22,24). The summed E-state index contributed by atoms with van der Waals surface area (Å²) >= 11 is 0. The largest absolute Gasteiger partial charge is 0.449 e. The fourth-order valence-corrected chi connectivity index (χ4v) is 2.20. The molecule has 26 heavy (non-hydrogen) atoms. The summed E-state index contributed by atoms with van der Waals surface area (Å²) < 4.78 is 18.2. The van der Waals surface area contributed by atoms with Crippen LogP contribution in [0.5, 0.6) is 0 Å². The number of nitrogens with one attached hydrogen (secondary N) is 2. The van der Waals surface area contributed by atoms with Crippen LogP contribution in [0.25, 0.3) is 0 Å². The number of hydrogen-bond donors (Lipinski definition) is 2. The molecular weight excluding hydrogens is 339 g/mol. The summed E-state index contributed by atoms with van der Waals surface area (Å²) in [5, 5.41) is 5.15. The number of rotatable bonds is 6. The molecule has 2 aromatic carbocycles. The van der Waals surface area contributed by atoms with Gasteiger partial charge in [-0.15, -0.1) is 0 Å². The summed E-state index contributed by atoms with van der Waals surface area (Å²) in [5.74, 6) is -1.87. The maximum atomic E-state index is 12.9. The van der Waals surface area contributed by atoms with E-state index in [9.17, 15) is 18.8 Å². The van der Waals surface area contributed by atoms with Crippen molar-refractivity contribution in [3.05, 3.63) is 59.9 Å². The zero-order chi connectivity index (χ0) is 19.1. The number of ether oxygens (including phenoxy) is 1. The summed E-state index contributed by atoms with van der Waals surface area (Å²) in [4.78, 5) is 35.7. The third-order valence-electron chi connectivity index (χ3n) is 3.44. The summed E-state index contributed by atoms with van der Waals surface area (Å²) in [7, 11) is 0. The van der Waals surface area contributed by atoms with Gasteiger partial charge in [0.2, 0.25) is 5.91 Å². The first-order valence-corrected chi connectivity index (χ1v) is 8.04. The van der Waals surface area contributed by atoms with E-state index in [0.29, 0.717) is 11.4 Å². The number of amides is 2. The van der Waals surface area contributed by atoms with Crippen molar-refractivity contribution in [2.75, 3.05) is 10.6 Å². The molecule has 0 aliphatic carbocycles. The van der Waals surface area contributed by atoms with Gasteiger partial charge in [0.15, 0.2) is 6.10 Å². The van der Waals surface area contributed by atoms with Crippen molar-refractivity contribution < 1.29 is 23.5 Å². The fraction of sp³-hybridized carbons (Fsp3) is 0.211. The fourth-order valence-electron chi connectivity index (χ4n) is 2.20. The third kappa shape index (κ3) is 5.41. The molecule has 0 spiro atoms. The van der Waals surface area contributed by atoms with E-state index in [1.807, 2.05) is 0 Å². The van der Waals surface area contributed by atoms with Crippen molar-refractivity contribution >= 4 is 29.2 Å². The van der Waals surface area contributed by atoms with E-state index in [4.69, 9.17) is 4.74 Å². The summed E-state index contributed by atoms with van der Waals surface area (Å²) in [6, 6.07) is 11.5. The van der Waals surface area contributed by atoms with Gasteiger partial charge in [-0.05, 0) is 48.9 Å². The summed E-state index contributed by atoms with van der Waals surface area (Å²) in [5.41, 5.74) is 1.07. The molecule has 1 atom stereocenters. The van der Waals surface area contributed by atoms with Gasteiger partial charge in [-0.1, -0.05) is 13.0 Å². The third-order valence-corrected chi connectivity index (χ3v) is 3.44. The van der Waals surface area contributed by atoms with Gasteiger partial charge in [-0.25, -0.2) is 9.18 Å². The van der Waals surface area contributed by atoms with Crippen molar-refractivity contribution in [2.45, 2.75) is 26.4 Å². The molecule has 7 heteroatoms. The minimum Gasteiger partial charge on any atom is -0.449 e. The van der Waals surface area contributed by atoms with E-state index in [-0.39, 0.29) is 17.9 Å². The lowest BCUT2D eigenvalue weighted by atomic mass is 10.2. The molecule has 136 valence electrons. The van der Waals surface area contributed by atoms with Crippen LogP contribution in [0.1, 0.15) is 30.6 Å². The van der Waals surface area contributed by atoms with Crippen LogP contribution < -0.4 is 10.6 Å². The van der Waals surface area contributed by atoms with Crippen LogP contribution in [-0.2, 0) is 14.3 Å². The number of esters is 1. The molecule has 0 aromatic heterocycles. The van der Waals surface area contributed by atoms with Crippen molar-refractivity contribution in [3.8, 4) is 0 Å². The van der Waals surface area contributed by atoms with Gasteiger partial charge >= 0.3 is 5.97 Å². The second-order valence-electron chi connectivity index (χ2n) is 5.56.